The van der Waals surface area contributed by atoms with E-state index in [0.29, 0.717) is 5.69 Å². The van der Waals surface area contributed by atoms with Crippen LogP contribution in [-0.4, -0.2) is 57.8 Å². The van der Waals surface area contributed by atoms with Crippen molar-refractivity contribution < 1.29 is 4.79 Å². The van der Waals surface area contributed by atoms with Crippen LogP contribution in [0.3, 0.4) is 0 Å². The van der Waals surface area contributed by atoms with Gasteiger partial charge in [-0.2, -0.15) is 0 Å². The van der Waals surface area contributed by atoms with Crippen molar-refractivity contribution in [1.29, 1.82) is 0 Å². The molecule has 1 aromatic carbocycles. The number of likely N-dealkylation sites (N-methyl/N-ethyl adjacent to an activating group) is 1. The Balaban J connectivity index is 1.72. The van der Waals surface area contributed by atoms with E-state index in [1.807, 2.05) is 64.0 Å². The molecule has 0 radical (unpaired) electrons. The van der Waals surface area contributed by atoms with Gasteiger partial charge in [-0.15, -0.1) is 0 Å². The van der Waals surface area contributed by atoms with Crippen molar-refractivity contribution in [2.24, 2.45) is 0 Å². The summed E-state index contributed by atoms with van der Waals surface area (Å²) >= 11 is 0. The van der Waals surface area contributed by atoms with E-state index in [9.17, 15) is 4.79 Å². The third-order valence-corrected chi connectivity index (χ3v) is 4.89. The molecule has 25 heavy (non-hydrogen) atoms. The first-order valence-corrected chi connectivity index (χ1v) is 8.82. The van der Waals surface area contributed by atoms with Gasteiger partial charge >= 0.3 is 0 Å². The lowest BCUT2D eigenvalue weighted by Crippen LogP contribution is -2.48. The highest BCUT2D eigenvalue weighted by atomic mass is 16.2. The average molecular weight is 334 g/mol. The lowest BCUT2D eigenvalue weighted by atomic mass is 10.2. The molecule has 3 aromatic rings. The molecule has 0 saturated carbocycles. The number of carbonyl (C=O) groups excluding carboxylic acids is 1. The van der Waals surface area contributed by atoms with Crippen molar-refractivity contribution >= 4 is 11.4 Å². The third kappa shape index (κ3) is 2.91. The zero-order chi connectivity index (χ0) is 17.2. The molecule has 0 atom stereocenters. The van der Waals surface area contributed by atoms with Crippen molar-refractivity contribution in [1.82, 2.24) is 19.2 Å². The summed E-state index contributed by atoms with van der Waals surface area (Å²) < 4.78 is 2.00. The first kappa shape index (κ1) is 15.8. The van der Waals surface area contributed by atoms with Crippen LogP contribution in [0.25, 0.3) is 16.9 Å². The van der Waals surface area contributed by atoms with E-state index in [2.05, 4.69) is 11.8 Å². The van der Waals surface area contributed by atoms with Gasteiger partial charge in [0, 0.05) is 37.9 Å². The van der Waals surface area contributed by atoms with Gasteiger partial charge in [-0.1, -0.05) is 43.3 Å². The molecule has 5 nitrogen and oxygen atoms in total. The molecule has 1 fully saturated rings. The Hall–Kier alpha value is -2.66. The van der Waals surface area contributed by atoms with E-state index in [4.69, 9.17) is 4.98 Å². The minimum atomic E-state index is 0.0293. The molecule has 0 N–H and O–H groups in total. The molecule has 4 rings (SSSR count). The normalized spacial score (nSPS) is 15.6. The number of pyridine rings is 1. The van der Waals surface area contributed by atoms with Crippen molar-refractivity contribution in [3.63, 3.8) is 0 Å². The number of nitrogens with zero attached hydrogens (tertiary/aromatic N) is 4. The smallest absolute Gasteiger partial charge is 0.274 e. The van der Waals surface area contributed by atoms with Gasteiger partial charge in [-0.3, -0.25) is 9.20 Å². The monoisotopic (exact) mass is 334 g/mol. The molecule has 128 valence electrons. The first-order chi connectivity index (χ1) is 12.3. The highest BCUT2D eigenvalue weighted by Crippen LogP contribution is 2.23. The lowest BCUT2D eigenvalue weighted by Gasteiger charge is -2.33. The first-order valence-electron chi connectivity index (χ1n) is 8.82. The second-order valence-corrected chi connectivity index (χ2v) is 6.33. The number of carbonyl (C=O) groups is 1. The van der Waals surface area contributed by atoms with Crippen LogP contribution in [0.2, 0.25) is 0 Å². The Labute approximate surface area is 147 Å². The molecule has 0 aliphatic carbocycles. The number of hydrogen-bond donors (Lipinski definition) is 0. The summed E-state index contributed by atoms with van der Waals surface area (Å²) in [7, 11) is 0. The van der Waals surface area contributed by atoms with Gasteiger partial charge in [0.1, 0.15) is 5.82 Å². The van der Waals surface area contributed by atoms with Crippen LogP contribution in [0.15, 0.2) is 54.7 Å². The summed E-state index contributed by atoms with van der Waals surface area (Å²) in [6.45, 7) is 6.58. The van der Waals surface area contributed by atoms with Gasteiger partial charge in [0.25, 0.3) is 5.91 Å². The Bertz CT molecular complexity index is 879. The zero-order valence-electron chi connectivity index (χ0n) is 14.4. The molecule has 0 bridgehead atoms. The number of piperazine rings is 1. The molecule has 1 amide bonds. The molecule has 1 saturated heterocycles. The zero-order valence-corrected chi connectivity index (χ0v) is 14.4. The van der Waals surface area contributed by atoms with Crippen LogP contribution in [-0.2, 0) is 0 Å². The second kappa shape index (κ2) is 6.69. The van der Waals surface area contributed by atoms with Gasteiger partial charge in [-0.05, 0) is 18.7 Å². The van der Waals surface area contributed by atoms with Crippen LogP contribution >= 0.6 is 0 Å². The SMILES string of the molecule is CCN1CCN(C(=O)c2nc(-c3ccccc3)n3ccccc23)CC1. The minimum absolute atomic E-state index is 0.0293. The molecule has 0 spiro atoms. The fraction of sp³-hybridized carbons (Fsp3) is 0.300. The molecule has 3 heterocycles. The molecule has 0 unspecified atom stereocenters. The van der Waals surface area contributed by atoms with E-state index < -0.39 is 0 Å². The van der Waals surface area contributed by atoms with E-state index >= 15 is 0 Å². The number of hydrogen-bond acceptors (Lipinski definition) is 3. The summed E-state index contributed by atoms with van der Waals surface area (Å²) in [5.41, 5.74) is 2.42. The number of benzene rings is 1. The van der Waals surface area contributed by atoms with E-state index in [0.717, 1.165) is 49.6 Å². The Morgan fingerprint density at radius 1 is 1.00 bits per heavy atom. The van der Waals surface area contributed by atoms with Gasteiger partial charge < -0.3 is 9.80 Å². The van der Waals surface area contributed by atoms with E-state index in [1.165, 1.54) is 0 Å². The summed E-state index contributed by atoms with van der Waals surface area (Å²) in [4.78, 5) is 22.1. The maximum absolute atomic E-state index is 13.1. The standard InChI is InChI=1S/C20H22N4O/c1-2-22-12-14-23(15-13-22)20(25)18-17-10-6-7-11-24(17)19(21-18)16-8-4-3-5-9-16/h3-11H,2,12-15H2,1H3. The predicted molar refractivity (Wildman–Crippen MR) is 98.6 cm³/mol. The molecular formula is C20H22N4O. The van der Waals surface area contributed by atoms with Crippen LogP contribution in [0.1, 0.15) is 17.4 Å². The number of rotatable bonds is 3. The van der Waals surface area contributed by atoms with Crippen molar-refractivity contribution in [2.75, 3.05) is 32.7 Å². The Kier molecular flexibility index (Phi) is 4.24. The molecule has 1 aliphatic rings. The Morgan fingerprint density at radius 3 is 2.44 bits per heavy atom. The Morgan fingerprint density at radius 2 is 1.72 bits per heavy atom. The quantitative estimate of drug-likeness (QED) is 0.739. The maximum Gasteiger partial charge on any atom is 0.274 e. The van der Waals surface area contributed by atoms with E-state index in [1.54, 1.807) is 0 Å². The van der Waals surface area contributed by atoms with Crippen molar-refractivity contribution in [3.05, 3.63) is 60.4 Å². The van der Waals surface area contributed by atoms with Crippen molar-refractivity contribution in [2.45, 2.75) is 6.92 Å². The summed E-state index contributed by atoms with van der Waals surface area (Å²) in [5, 5.41) is 0. The van der Waals surface area contributed by atoms with Gasteiger partial charge in [0.2, 0.25) is 0 Å². The number of amides is 1. The molecule has 1 aliphatic heterocycles. The van der Waals surface area contributed by atoms with Gasteiger partial charge in [-0.25, -0.2) is 4.98 Å². The van der Waals surface area contributed by atoms with Crippen LogP contribution in [0, 0.1) is 0 Å². The number of aromatic nitrogens is 2. The summed E-state index contributed by atoms with van der Waals surface area (Å²) in [5.74, 6) is 0.841. The second-order valence-electron chi connectivity index (χ2n) is 6.33. The number of imidazole rings is 1. The highest BCUT2D eigenvalue weighted by molar-refractivity contribution is 6.00. The molecular weight excluding hydrogens is 312 g/mol. The topological polar surface area (TPSA) is 40.8 Å². The average Bonchev–Trinajstić information content (AvgIpc) is 3.08. The van der Waals surface area contributed by atoms with E-state index in [-0.39, 0.29) is 5.91 Å². The van der Waals surface area contributed by atoms with Crippen LogP contribution < -0.4 is 0 Å². The van der Waals surface area contributed by atoms with Crippen LogP contribution in [0.4, 0.5) is 0 Å². The molecule has 5 heteroatoms. The maximum atomic E-state index is 13.1. The van der Waals surface area contributed by atoms with Crippen molar-refractivity contribution in [3.8, 4) is 11.4 Å². The van der Waals surface area contributed by atoms with Gasteiger partial charge in [0.15, 0.2) is 5.69 Å². The number of fused-ring (bicyclic) bond motifs is 1. The summed E-state index contributed by atoms with van der Waals surface area (Å²) in [6.07, 6.45) is 1.97. The minimum Gasteiger partial charge on any atom is -0.335 e. The fourth-order valence-electron chi connectivity index (χ4n) is 3.40. The third-order valence-electron chi connectivity index (χ3n) is 4.89. The van der Waals surface area contributed by atoms with Gasteiger partial charge in [0.05, 0.1) is 5.52 Å². The lowest BCUT2D eigenvalue weighted by molar-refractivity contribution is 0.0640. The fourth-order valence-corrected chi connectivity index (χ4v) is 3.40. The largest absolute Gasteiger partial charge is 0.335 e. The predicted octanol–water partition coefficient (Wildman–Crippen LogP) is 2.78. The van der Waals surface area contributed by atoms with Crippen LogP contribution in [0.5, 0.6) is 0 Å². The highest BCUT2D eigenvalue weighted by Gasteiger charge is 2.25. The molecule has 2 aromatic heterocycles. The summed E-state index contributed by atoms with van der Waals surface area (Å²) in [6, 6.07) is 15.9.